The number of hydrogen-bond acceptors (Lipinski definition) is 2. The van der Waals surface area contributed by atoms with Gasteiger partial charge in [0.1, 0.15) is 6.54 Å². The fourth-order valence-electron chi connectivity index (χ4n) is 5.08. The molecule has 0 heterocycles. The summed E-state index contributed by atoms with van der Waals surface area (Å²) in [5, 5.41) is 9.01. The van der Waals surface area contributed by atoms with Crippen LogP contribution in [0.2, 0.25) is 0 Å². The van der Waals surface area contributed by atoms with Gasteiger partial charge >= 0.3 is 33.0 Å². The molecule has 0 radical (unpaired) electrons. The Hall–Kier alpha value is -0.110. The second-order valence-corrected chi connectivity index (χ2v) is 13.5. The van der Waals surface area contributed by atoms with Crippen LogP contribution in [0, 0.1) is 0 Å². The molecule has 0 aromatic carbocycles. The quantitative estimate of drug-likeness (QED) is 0.0411. The molecular formula is C30H64F6NO2P. The number of ether oxygens (including phenoxy) is 1. The molecule has 0 aliphatic rings. The van der Waals surface area contributed by atoms with E-state index in [-0.39, 0.29) is 6.61 Å². The molecule has 0 spiro atoms. The van der Waals surface area contributed by atoms with E-state index in [4.69, 9.17) is 9.84 Å². The van der Waals surface area contributed by atoms with E-state index in [1.54, 1.807) is 0 Å². The van der Waals surface area contributed by atoms with Crippen LogP contribution >= 0.6 is 7.81 Å². The van der Waals surface area contributed by atoms with Crippen molar-refractivity contribution in [3.63, 3.8) is 0 Å². The van der Waals surface area contributed by atoms with E-state index >= 15 is 0 Å². The third kappa shape index (κ3) is 40.0. The Morgan fingerprint density at radius 3 is 1.07 bits per heavy atom. The SMILES string of the molecule is CCCCCCCCCCCCCCCCCC[N+](CCCC)(CCCC)CCOCCO.F[P-](F)(F)(F)(F)F. The van der Waals surface area contributed by atoms with Crippen LogP contribution in [0.1, 0.15) is 149 Å². The molecule has 40 heavy (non-hydrogen) atoms. The Morgan fingerprint density at radius 1 is 0.450 bits per heavy atom. The van der Waals surface area contributed by atoms with Crippen LogP contribution in [0.3, 0.4) is 0 Å². The molecule has 1 N–H and O–H groups in total. The first-order valence-electron chi connectivity index (χ1n) is 16.3. The zero-order valence-electron chi connectivity index (χ0n) is 26.1. The summed E-state index contributed by atoms with van der Waals surface area (Å²) in [7, 11) is -10.7. The molecule has 0 atom stereocenters. The van der Waals surface area contributed by atoms with Gasteiger partial charge in [0.25, 0.3) is 0 Å². The van der Waals surface area contributed by atoms with Gasteiger partial charge in [-0.1, -0.05) is 124 Å². The van der Waals surface area contributed by atoms with Crippen LogP contribution in [0.25, 0.3) is 0 Å². The zero-order chi connectivity index (χ0) is 30.7. The van der Waals surface area contributed by atoms with Gasteiger partial charge in [0, 0.05) is 0 Å². The van der Waals surface area contributed by atoms with E-state index in [1.807, 2.05) is 0 Å². The molecule has 0 aliphatic carbocycles. The topological polar surface area (TPSA) is 29.5 Å². The van der Waals surface area contributed by atoms with Gasteiger partial charge in [-0.3, -0.25) is 0 Å². The molecule has 10 heteroatoms. The summed E-state index contributed by atoms with van der Waals surface area (Å²) in [6, 6.07) is 0. The van der Waals surface area contributed by atoms with E-state index in [1.165, 1.54) is 153 Å². The fraction of sp³-hybridized carbons (Fsp3) is 1.00. The number of aliphatic hydroxyl groups excluding tert-OH is 1. The molecule has 0 saturated carbocycles. The number of quaternary nitrogens is 1. The Labute approximate surface area is 242 Å². The predicted octanol–water partition coefficient (Wildman–Crippen LogP) is 12.1. The van der Waals surface area contributed by atoms with Crippen molar-refractivity contribution < 1.29 is 39.5 Å². The van der Waals surface area contributed by atoms with Gasteiger partial charge in [-0.15, -0.1) is 0 Å². The standard InChI is InChI=1S/C30H64NO2.F6P/c1-4-7-10-11-12-13-14-15-16-17-18-19-20-21-22-23-26-31(24-8-5-2,25-9-6-3)27-29-33-30-28-32;1-7(2,3,4,5)6/h32H,4-30H2,1-3H3;/q+1;-1. The van der Waals surface area contributed by atoms with Crippen molar-refractivity contribution in [2.45, 2.75) is 149 Å². The van der Waals surface area contributed by atoms with Gasteiger partial charge in [0.05, 0.1) is 39.5 Å². The average molecular weight is 616 g/mol. The molecule has 0 amide bonds. The van der Waals surface area contributed by atoms with Gasteiger partial charge < -0.3 is 14.3 Å². The number of nitrogens with zero attached hydrogens (tertiary/aromatic N) is 1. The molecule has 0 aliphatic heterocycles. The number of unbranched alkanes of at least 4 members (excludes halogenated alkanes) is 17. The molecule has 248 valence electrons. The third-order valence-electron chi connectivity index (χ3n) is 7.40. The Bertz CT molecular complexity index is 530. The van der Waals surface area contributed by atoms with Crippen LogP contribution in [0.15, 0.2) is 0 Å². The monoisotopic (exact) mass is 615 g/mol. The molecule has 0 aromatic rings. The van der Waals surface area contributed by atoms with Gasteiger partial charge in [-0.25, -0.2) is 0 Å². The molecule has 0 aromatic heterocycles. The van der Waals surface area contributed by atoms with Crippen LogP contribution < -0.4 is 0 Å². The van der Waals surface area contributed by atoms with Gasteiger partial charge in [0.15, 0.2) is 0 Å². The minimum absolute atomic E-state index is 0.142. The zero-order valence-corrected chi connectivity index (χ0v) is 27.0. The molecule has 0 rings (SSSR count). The van der Waals surface area contributed by atoms with E-state index in [9.17, 15) is 25.2 Å². The molecule has 3 nitrogen and oxygen atoms in total. The number of hydrogen-bond donors (Lipinski definition) is 1. The first kappa shape index (κ1) is 42.0. The van der Waals surface area contributed by atoms with Crippen LogP contribution in [-0.2, 0) is 4.74 Å². The van der Waals surface area contributed by atoms with Crippen molar-refractivity contribution in [1.82, 2.24) is 0 Å². The van der Waals surface area contributed by atoms with E-state index in [0.717, 1.165) is 13.2 Å². The van der Waals surface area contributed by atoms with Crippen molar-refractivity contribution >= 4 is 7.81 Å². The van der Waals surface area contributed by atoms with Crippen LogP contribution in [0.5, 0.6) is 0 Å². The van der Waals surface area contributed by atoms with E-state index in [2.05, 4.69) is 20.8 Å². The molecule has 0 unspecified atom stereocenters. The van der Waals surface area contributed by atoms with Gasteiger partial charge in [0.2, 0.25) is 0 Å². The second-order valence-electron chi connectivity index (χ2n) is 11.5. The predicted molar refractivity (Wildman–Crippen MR) is 161 cm³/mol. The number of halogens is 6. The van der Waals surface area contributed by atoms with Gasteiger partial charge in [-0.05, 0) is 25.7 Å². The minimum atomic E-state index is -10.7. The summed E-state index contributed by atoms with van der Waals surface area (Å²) < 4.78 is 66.1. The van der Waals surface area contributed by atoms with Gasteiger partial charge in [-0.2, -0.15) is 0 Å². The summed E-state index contributed by atoms with van der Waals surface area (Å²) in [5.41, 5.74) is 0. The summed E-state index contributed by atoms with van der Waals surface area (Å²) in [6.07, 6.45) is 28.2. The molecule has 0 fully saturated rings. The number of aliphatic hydroxyl groups is 1. The molecule has 0 saturated heterocycles. The summed E-state index contributed by atoms with van der Waals surface area (Å²) in [5.74, 6) is 0. The van der Waals surface area contributed by atoms with Crippen molar-refractivity contribution in [3.05, 3.63) is 0 Å². The maximum atomic E-state index is 9.87. The first-order valence-corrected chi connectivity index (χ1v) is 18.3. The first-order chi connectivity index (χ1) is 18.7. The van der Waals surface area contributed by atoms with Crippen molar-refractivity contribution in [2.75, 3.05) is 46.0 Å². The maximum absolute atomic E-state index is 10.7. The summed E-state index contributed by atoms with van der Waals surface area (Å²) >= 11 is 0. The van der Waals surface area contributed by atoms with E-state index in [0.29, 0.717) is 6.61 Å². The molecular weight excluding hydrogens is 551 g/mol. The van der Waals surface area contributed by atoms with Crippen LogP contribution in [-0.4, -0.2) is 55.6 Å². The Kier molecular flexibility index (Phi) is 24.5. The van der Waals surface area contributed by atoms with Crippen LogP contribution in [0.4, 0.5) is 25.2 Å². The van der Waals surface area contributed by atoms with Crippen molar-refractivity contribution in [2.24, 2.45) is 0 Å². The Morgan fingerprint density at radius 2 is 0.750 bits per heavy atom. The normalized spacial score (nSPS) is 13.9. The summed E-state index contributed by atoms with van der Waals surface area (Å²) in [4.78, 5) is 0. The summed E-state index contributed by atoms with van der Waals surface area (Å²) in [6.45, 7) is 13.4. The van der Waals surface area contributed by atoms with Crippen molar-refractivity contribution in [1.29, 1.82) is 0 Å². The van der Waals surface area contributed by atoms with E-state index < -0.39 is 7.81 Å². The fourth-order valence-corrected chi connectivity index (χ4v) is 5.08. The molecule has 0 bridgehead atoms. The number of rotatable bonds is 28. The Balaban J connectivity index is 0. The average Bonchev–Trinajstić information content (AvgIpc) is 2.86. The van der Waals surface area contributed by atoms with Crippen molar-refractivity contribution in [3.8, 4) is 0 Å². The third-order valence-corrected chi connectivity index (χ3v) is 7.40. The second kappa shape index (κ2) is 23.4.